The van der Waals surface area contributed by atoms with Crippen LogP contribution in [0.25, 0.3) is 11.1 Å². The second kappa shape index (κ2) is 3.14. The fourth-order valence-corrected chi connectivity index (χ4v) is 1.20. The molecule has 14 heavy (non-hydrogen) atoms. The minimum Gasteiger partial charge on any atom is -0.433 e. The van der Waals surface area contributed by atoms with Crippen molar-refractivity contribution >= 4 is 17.0 Å². The van der Waals surface area contributed by atoms with Crippen LogP contribution in [0.1, 0.15) is 10.6 Å². The average molecular weight is 190 g/mol. The summed E-state index contributed by atoms with van der Waals surface area (Å²) in [7, 11) is 3.37. The van der Waals surface area contributed by atoms with Crippen LogP contribution in [-0.2, 0) is 0 Å². The fraction of sp³-hybridized carbons (Fsp3) is 0.200. The van der Waals surface area contributed by atoms with E-state index in [1.807, 2.05) is 12.1 Å². The zero-order valence-corrected chi connectivity index (χ0v) is 8.02. The zero-order valence-electron chi connectivity index (χ0n) is 8.02. The van der Waals surface area contributed by atoms with Gasteiger partial charge in [-0.15, -0.1) is 0 Å². The molecule has 0 N–H and O–H groups in total. The third kappa shape index (κ3) is 1.35. The van der Waals surface area contributed by atoms with Gasteiger partial charge in [-0.25, -0.2) is 4.98 Å². The van der Waals surface area contributed by atoms with Crippen LogP contribution in [-0.4, -0.2) is 29.9 Å². The Morgan fingerprint density at radius 3 is 2.93 bits per heavy atom. The van der Waals surface area contributed by atoms with Crippen molar-refractivity contribution in [2.75, 3.05) is 14.1 Å². The molecule has 2 heterocycles. The SMILES string of the molecule is CN(C)C(=O)c1cc2cccnc2o1. The Hall–Kier alpha value is -1.84. The number of fused-ring (bicyclic) bond motifs is 1. The minimum atomic E-state index is -0.150. The first-order valence-corrected chi connectivity index (χ1v) is 4.24. The van der Waals surface area contributed by atoms with Gasteiger partial charge in [0.15, 0.2) is 5.76 Å². The molecule has 0 saturated carbocycles. The molecule has 0 fully saturated rings. The van der Waals surface area contributed by atoms with Gasteiger partial charge in [-0.3, -0.25) is 4.79 Å². The van der Waals surface area contributed by atoms with Crippen molar-refractivity contribution in [3.05, 3.63) is 30.2 Å². The molecule has 4 heteroatoms. The Balaban J connectivity index is 2.50. The maximum atomic E-state index is 11.5. The molecule has 0 atom stereocenters. The van der Waals surface area contributed by atoms with Crippen molar-refractivity contribution in [2.45, 2.75) is 0 Å². The molecular weight excluding hydrogens is 180 g/mol. The monoisotopic (exact) mass is 190 g/mol. The van der Waals surface area contributed by atoms with Crippen LogP contribution < -0.4 is 0 Å². The molecule has 0 radical (unpaired) electrons. The molecule has 0 spiro atoms. The number of carbonyl (C=O) groups is 1. The summed E-state index contributed by atoms with van der Waals surface area (Å²) in [5.74, 6) is 0.173. The lowest BCUT2D eigenvalue weighted by molar-refractivity contribution is 0.0799. The van der Waals surface area contributed by atoms with Gasteiger partial charge in [-0.1, -0.05) is 0 Å². The number of hydrogen-bond acceptors (Lipinski definition) is 3. The van der Waals surface area contributed by atoms with Gasteiger partial charge >= 0.3 is 0 Å². The predicted octanol–water partition coefficient (Wildman–Crippen LogP) is 1.53. The van der Waals surface area contributed by atoms with E-state index < -0.39 is 0 Å². The Bertz CT molecular complexity index is 441. The summed E-state index contributed by atoms with van der Waals surface area (Å²) in [6, 6.07) is 5.37. The van der Waals surface area contributed by atoms with E-state index >= 15 is 0 Å². The smallest absolute Gasteiger partial charge is 0.289 e. The number of pyridine rings is 1. The summed E-state index contributed by atoms with van der Waals surface area (Å²) in [4.78, 5) is 17.0. The lowest BCUT2D eigenvalue weighted by atomic mass is 10.3. The highest BCUT2D eigenvalue weighted by molar-refractivity contribution is 5.95. The summed E-state index contributed by atoms with van der Waals surface area (Å²) >= 11 is 0. The van der Waals surface area contributed by atoms with Gasteiger partial charge in [0.2, 0.25) is 5.71 Å². The van der Waals surface area contributed by atoms with Crippen LogP contribution >= 0.6 is 0 Å². The van der Waals surface area contributed by atoms with Gasteiger partial charge in [-0.2, -0.15) is 0 Å². The number of amides is 1. The summed E-state index contributed by atoms with van der Waals surface area (Å²) < 4.78 is 5.29. The molecule has 0 aliphatic heterocycles. The molecular formula is C10H10N2O2. The maximum Gasteiger partial charge on any atom is 0.289 e. The van der Waals surface area contributed by atoms with Crippen molar-refractivity contribution in [1.29, 1.82) is 0 Å². The van der Waals surface area contributed by atoms with Gasteiger partial charge in [-0.05, 0) is 18.2 Å². The molecule has 0 aliphatic carbocycles. The highest BCUT2D eigenvalue weighted by atomic mass is 16.4. The maximum absolute atomic E-state index is 11.5. The predicted molar refractivity (Wildman–Crippen MR) is 52.0 cm³/mol. The molecule has 0 unspecified atom stereocenters. The summed E-state index contributed by atoms with van der Waals surface area (Å²) in [5.41, 5.74) is 0.498. The highest BCUT2D eigenvalue weighted by Gasteiger charge is 2.13. The summed E-state index contributed by atoms with van der Waals surface area (Å²) in [6.07, 6.45) is 1.63. The lowest BCUT2D eigenvalue weighted by Gasteiger charge is -2.05. The minimum absolute atomic E-state index is 0.150. The van der Waals surface area contributed by atoms with Gasteiger partial charge in [0.1, 0.15) is 0 Å². The van der Waals surface area contributed by atoms with E-state index in [4.69, 9.17) is 4.42 Å². The Morgan fingerprint density at radius 2 is 2.29 bits per heavy atom. The number of nitrogens with zero attached hydrogens (tertiary/aromatic N) is 2. The lowest BCUT2D eigenvalue weighted by Crippen LogP contribution is -2.20. The molecule has 72 valence electrons. The molecule has 1 amide bonds. The van der Waals surface area contributed by atoms with Crippen molar-refractivity contribution in [3.8, 4) is 0 Å². The van der Waals surface area contributed by atoms with E-state index in [2.05, 4.69) is 4.98 Å². The molecule has 2 aromatic rings. The normalized spacial score (nSPS) is 10.4. The Morgan fingerprint density at radius 1 is 1.50 bits per heavy atom. The Labute approximate surface area is 81.1 Å². The van der Waals surface area contributed by atoms with Crippen molar-refractivity contribution in [2.24, 2.45) is 0 Å². The topological polar surface area (TPSA) is 46.3 Å². The van der Waals surface area contributed by atoms with Crippen LogP contribution in [0.4, 0.5) is 0 Å². The summed E-state index contributed by atoms with van der Waals surface area (Å²) in [5, 5.41) is 0.845. The van der Waals surface area contributed by atoms with Crippen LogP contribution in [0.3, 0.4) is 0 Å². The first kappa shape index (κ1) is 8.74. The zero-order chi connectivity index (χ0) is 10.1. The van der Waals surface area contributed by atoms with E-state index in [1.54, 1.807) is 26.4 Å². The fourth-order valence-electron chi connectivity index (χ4n) is 1.20. The number of carbonyl (C=O) groups excluding carboxylic acids is 1. The molecule has 0 bridgehead atoms. The largest absolute Gasteiger partial charge is 0.433 e. The molecule has 0 aromatic carbocycles. The van der Waals surface area contributed by atoms with Gasteiger partial charge in [0, 0.05) is 25.7 Å². The van der Waals surface area contributed by atoms with Crippen LogP contribution in [0.2, 0.25) is 0 Å². The molecule has 0 saturated heterocycles. The van der Waals surface area contributed by atoms with Crippen molar-refractivity contribution in [1.82, 2.24) is 9.88 Å². The number of aromatic nitrogens is 1. The first-order valence-electron chi connectivity index (χ1n) is 4.24. The van der Waals surface area contributed by atoms with Crippen LogP contribution in [0.5, 0.6) is 0 Å². The number of rotatable bonds is 1. The van der Waals surface area contributed by atoms with Crippen LogP contribution in [0, 0.1) is 0 Å². The Kier molecular flexibility index (Phi) is 1.96. The molecule has 4 nitrogen and oxygen atoms in total. The third-order valence-electron chi connectivity index (χ3n) is 1.91. The van der Waals surface area contributed by atoms with E-state index in [9.17, 15) is 4.79 Å². The quantitative estimate of drug-likeness (QED) is 0.685. The number of furan rings is 1. The van der Waals surface area contributed by atoms with E-state index in [0.29, 0.717) is 11.5 Å². The highest BCUT2D eigenvalue weighted by Crippen LogP contribution is 2.17. The second-order valence-electron chi connectivity index (χ2n) is 3.21. The second-order valence-corrected chi connectivity index (χ2v) is 3.21. The molecule has 2 rings (SSSR count). The summed E-state index contributed by atoms with van der Waals surface area (Å²) in [6.45, 7) is 0. The van der Waals surface area contributed by atoms with E-state index in [0.717, 1.165) is 5.39 Å². The van der Waals surface area contributed by atoms with Gasteiger partial charge in [0.25, 0.3) is 5.91 Å². The van der Waals surface area contributed by atoms with Crippen LogP contribution in [0.15, 0.2) is 28.8 Å². The van der Waals surface area contributed by atoms with Gasteiger partial charge < -0.3 is 9.32 Å². The average Bonchev–Trinajstić information content (AvgIpc) is 2.59. The van der Waals surface area contributed by atoms with Gasteiger partial charge in [0.05, 0.1) is 0 Å². The molecule has 0 aliphatic rings. The first-order chi connectivity index (χ1) is 6.68. The third-order valence-corrected chi connectivity index (χ3v) is 1.91. The molecule has 2 aromatic heterocycles. The van der Waals surface area contributed by atoms with Crippen molar-refractivity contribution < 1.29 is 9.21 Å². The van der Waals surface area contributed by atoms with E-state index in [-0.39, 0.29) is 5.91 Å². The standard InChI is InChI=1S/C10H10N2O2/c1-12(2)10(13)8-6-7-4-3-5-11-9(7)14-8/h3-6H,1-2H3. The van der Waals surface area contributed by atoms with Crippen molar-refractivity contribution in [3.63, 3.8) is 0 Å². The number of hydrogen-bond donors (Lipinski definition) is 0. The van der Waals surface area contributed by atoms with E-state index in [1.165, 1.54) is 4.90 Å².